The van der Waals surface area contributed by atoms with Gasteiger partial charge in [0.25, 0.3) is 0 Å². The average molecular weight is 307 g/mol. The summed E-state index contributed by atoms with van der Waals surface area (Å²) in [6, 6.07) is 16.1. The zero-order chi connectivity index (χ0) is 16.7. The molecule has 0 unspecified atom stereocenters. The summed E-state index contributed by atoms with van der Waals surface area (Å²) < 4.78 is 0. The van der Waals surface area contributed by atoms with Crippen LogP contribution in [0, 0.1) is 6.92 Å². The van der Waals surface area contributed by atoms with Crippen LogP contribution >= 0.6 is 0 Å². The third kappa shape index (κ3) is 5.84. The first-order valence-corrected chi connectivity index (χ1v) is 8.07. The molecule has 0 atom stereocenters. The largest absolute Gasteiger partial charge is 0.309 e. The van der Waals surface area contributed by atoms with Crippen molar-refractivity contribution in [2.24, 2.45) is 0 Å². The predicted molar refractivity (Wildman–Crippen MR) is 97.9 cm³/mol. The second kappa shape index (κ2) is 8.44. The first kappa shape index (κ1) is 17.2. The monoisotopic (exact) mass is 307 g/mol. The molecule has 2 nitrogen and oxygen atoms in total. The van der Waals surface area contributed by atoms with E-state index in [1.807, 2.05) is 43.3 Å². The lowest BCUT2D eigenvalue weighted by Gasteiger charge is -2.08. The lowest BCUT2D eigenvalue weighted by atomic mass is 10.0. The molecule has 0 saturated heterocycles. The summed E-state index contributed by atoms with van der Waals surface area (Å²) in [6.07, 6.45) is 5.70. The van der Waals surface area contributed by atoms with Crippen LogP contribution in [0.5, 0.6) is 0 Å². The van der Waals surface area contributed by atoms with Gasteiger partial charge >= 0.3 is 0 Å². The van der Waals surface area contributed by atoms with Crippen molar-refractivity contribution in [3.05, 3.63) is 76.9 Å². The Morgan fingerprint density at radius 2 is 1.83 bits per heavy atom. The van der Waals surface area contributed by atoms with Gasteiger partial charge in [0, 0.05) is 5.56 Å². The Labute approximate surface area is 139 Å². The maximum absolute atomic E-state index is 12.2. The van der Waals surface area contributed by atoms with Crippen molar-refractivity contribution in [3.8, 4) is 0 Å². The van der Waals surface area contributed by atoms with Crippen LogP contribution in [0.3, 0.4) is 0 Å². The fraction of sp³-hybridized carbons (Fsp3) is 0.286. The lowest BCUT2D eigenvalue weighted by Crippen LogP contribution is -2.13. The summed E-state index contributed by atoms with van der Waals surface area (Å²) in [5, 5.41) is 0. The molecule has 2 aromatic carbocycles. The molecule has 0 aliphatic rings. The van der Waals surface area contributed by atoms with E-state index in [4.69, 9.17) is 0 Å². The molecule has 0 amide bonds. The van der Waals surface area contributed by atoms with Gasteiger partial charge in [-0.05, 0) is 57.6 Å². The quantitative estimate of drug-likeness (QED) is 0.558. The molecular weight excluding hydrogens is 282 g/mol. The number of ketones is 1. The van der Waals surface area contributed by atoms with E-state index in [9.17, 15) is 4.79 Å². The Balaban J connectivity index is 1.94. The van der Waals surface area contributed by atoms with Crippen LogP contribution in [0.2, 0.25) is 0 Å². The van der Waals surface area contributed by atoms with Crippen molar-refractivity contribution < 1.29 is 4.79 Å². The highest BCUT2D eigenvalue weighted by Gasteiger charge is 2.02. The lowest BCUT2D eigenvalue weighted by molar-refractivity contribution is 0.104. The molecule has 0 N–H and O–H groups in total. The molecule has 0 fully saturated rings. The Kier molecular flexibility index (Phi) is 6.30. The van der Waals surface area contributed by atoms with Crippen molar-refractivity contribution >= 4 is 11.9 Å². The highest BCUT2D eigenvalue weighted by atomic mass is 16.1. The molecule has 0 radical (unpaired) electrons. The van der Waals surface area contributed by atoms with Crippen LogP contribution in [0.4, 0.5) is 0 Å². The second-order valence-electron chi connectivity index (χ2n) is 6.22. The van der Waals surface area contributed by atoms with E-state index in [0.29, 0.717) is 0 Å². The van der Waals surface area contributed by atoms with Crippen molar-refractivity contribution in [2.75, 3.05) is 20.6 Å². The molecular formula is C21H25NO. The normalized spacial score (nSPS) is 11.3. The number of allylic oxidation sites excluding steroid dienone is 1. The van der Waals surface area contributed by atoms with Crippen LogP contribution in [-0.4, -0.2) is 31.3 Å². The second-order valence-corrected chi connectivity index (χ2v) is 6.22. The Hall–Kier alpha value is -2.19. The van der Waals surface area contributed by atoms with E-state index in [1.165, 1.54) is 11.1 Å². The molecule has 0 aliphatic carbocycles. The molecule has 0 bridgehead atoms. The number of hydrogen-bond donors (Lipinski definition) is 0. The number of carbonyl (C=O) groups is 1. The van der Waals surface area contributed by atoms with Crippen molar-refractivity contribution in [1.29, 1.82) is 0 Å². The molecule has 0 saturated carbocycles. The fourth-order valence-electron chi connectivity index (χ4n) is 2.48. The van der Waals surface area contributed by atoms with E-state index in [2.05, 4.69) is 37.2 Å². The number of benzene rings is 2. The van der Waals surface area contributed by atoms with Gasteiger partial charge in [-0.25, -0.2) is 0 Å². The van der Waals surface area contributed by atoms with Crippen molar-refractivity contribution in [1.82, 2.24) is 4.90 Å². The third-order valence-corrected chi connectivity index (χ3v) is 3.78. The molecule has 0 heterocycles. The summed E-state index contributed by atoms with van der Waals surface area (Å²) >= 11 is 0. The molecule has 2 aromatic rings. The van der Waals surface area contributed by atoms with Crippen molar-refractivity contribution in [2.45, 2.75) is 19.8 Å². The number of nitrogens with zero attached hydrogens (tertiary/aromatic N) is 1. The van der Waals surface area contributed by atoms with E-state index < -0.39 is 0 Å². The summed E-state index contributed by atoms with van der Waals surface area (Å²) in [6.45, 7) is 3.13. The van der Waals surface area contributed by atoms with Gasteiger partial charge in [-0.3, -0.25) is 4.79 Å². The zero-order valence-corrected chi connectivity index (χ0v) is 14.3. The molecule has 23 heavy (non-hydrogen) atoms. The predicted octanol–water partition coefficient (Wildman–Crippen LogP) is 4.39. The topological polar surface area (TPSA) is 20.3 Å². The van der Waals surface area contributed by atoms with Crippen LogP contribution in [-0.2, 0) is 6.42 Å². The summed E-state index contributed by atoms with van der Waals surface area (Å²) in [5.74, 6) is 0.0475. The van der Waals surface area contributed by atoms with Gasteiger partial charge in [0.15, 0.2) is 5.78 Å². The summed E-state index contributed by atoms with van der Waals surface area (Å²) in [5.41, 5.74) is 4.27. The van der Waals surface area contributed by atoms with Gasteiger partial charge in [0.2, 0.25) is 0 Å². The van der Waals surface area contributed by atoms with E-state index in [1.54, 1.807) is 6.08 Å². The molecule has 0 spiro atoms. The summed E-state index contributed by atoms with van der Waals surface area (Å²) in [7, 11) is 4.17. The maximum atomic E-state index is 12.2. The Morgan fingerprint density at radius 1 is 1.09 bits per heavy atom. The van der Waals surface area contributed by atoms with Crippen molar-refractivity contribution in [3.63, 3.8) is 0 Å². The van der Waals surface area contributed by atoms with Crippen LogP contribution in [0.15, 0.2) is 54.6 Å². The zero-order valence-electron chi connectivity index (χ0n) is 14.3. The first-order valence-electron chi connectivity index (χ1n) is 8.07. The standard InChI is InChI=1S/C21H25NO/c1-17-6-4-7-19(16-17)11-14-21(23)20-12-9-18(10-13-20)8-5-15-22(2)3/h4,6-7,9-14,16H,5,8,15H2,1-3H3/b14-11+. The minimum Gasteiger partial charge on any atom is -0.309 e. The average Bonchev–Trinajstić information content (AvgIpc) is 2.53. The molecule has 0 aliphatic heterocycles. The number of rotatable bonds is 7. The van der Waals surface area contributed by atoms with Crippen LogP contribution in [0.1, 0.15) is 33.5 Å². The highest BCUT2D eigenvalue weighted by Crippen LogP contribution is 2.10. The first-order chi connectivity index (χ1) is 11.0. The smallest absolute Gasteiger partial charge is 0.185 e. The van der Waals surface area contributed by atoms with Gasteiger partial charge in [0.05, 0.1) is 0 Å². The molecule has 0 aromatic heterocycles. The van der Waals surface area contributed by atoms with Crippen LogP contribution < -0.4 is 0 Å². The summed E-state index contributed by atoms with van der Waals surface area (Å²) in [4.78, 5) is 14.4. The molecule has 2 rings (SSSR count). The minimum absolute atomic E-state index is 0.0475. The molecule has 120 valence electrons. The van der Waals surface area contributed by atoms with E-state index in [0.717, 1.165) is 30.5 Å². The molecule has 2 heteroatoms. The van der Waals surface area contributed by atoms with E-state index >= 15 is 0 Å². The Morgan fingerprint density at radius 3 is 2.48 bits per heavy atom. The SMILES string of the molecule is Cc1cccc(/C=C/C(=O)c2ccc(CCCN(C)C)cc2)c1. The minimum atomic E-state index is 0.0475. The third-order valence-electron chi connectivity index (χ3n) is 3.78. The van der Waals surface area contributed by atoms with E-state index in [-0.39, 0.29) is 5.78 Å². The van der Waals surface area contributed by atoms with Gasteiger partial charge in [0.1, 0.15) is 0 Å². The number of hydrogen-bond acceptors (Lipinski definition) is 2. The van der Waals surface area contributed by atoms with Gasteiger partial charge in [-0.2, -0.15) is 0 Å². The van der Waals surface area contributed by atoms with Crippen LogP contribution in [0.25, 0.3) is 6.08 Å². The number of aryl methyl sites for hydroxylation is 2. The number of carbonyl (C=O) groups excluding carboxylic acids is 1. The fourth-order valence-corrected chi connectivity index (χ4v) is 2.48. The van der Waals surface area contributed by atoms with Gasteiger partial charge in [-0.15, -0.1) is 0 Å². The highest BCUT2D eigenvalue weighted by molar-refractivity contribution is 6.06. The van der Waals surface area contributed by atoms with Gasteiger partial charge < -0.3 is 4.90 Å². The maximum Gasteiger partial charge on any atom is 0.185 e. The Bertz CT molecular complexity index is 668. The van der Waals surface area contributed by atoms with Gasteiger partial charge in [-0.1, -0.05) is 60.2 Å².